The topological polar surface area (TPSA) is 113 Å². The van der Waals surface area contributed by atoms with Crippen molar-refractivity contribution in [3.8, 4) is 0 Å². The smallest absolute Gasteiger partial charge is 0.351 e. The van der Waals surface area contributed by atoms with Crippen LogP contribution in [0.15, 0.2) is 30.0 Å². The predicted molar refractivity (Wildman–Crippen MR) is 122 cm³/mol. The zero-order chi connectivity index (χ0) is 27.4. The minimum Gasteiger partial charge on any atom is -0.351 e. The number of anilines is 2. The van der Waals surface area contributed by atoms with Crippen molar-refractivity contribution >= 4 is 35.4 Å². The molecule has 1 aliphatic carbocycles. The van der Waals surface area contributed by atoms with Crippen molar-refractivity contribution in [3.63, 3.8) is 0 Å². The van der Waals surface area contributed by atoms with E-state index in [1.165, 1.54) is 23.7 Å². The summed E-state index contributed by atoms with van der Waals surface area (Å²) >= 11 is 0. The molecule has 1 saturated heterocycles. The average Bonchev–Trinajstić information content (AvgIpc) is 3.46. The van der Waals surface area contributed by atoms with Crippen LogP contribution in [-0.2, 0) is 21.9 Å². The van der Waals surface area contributed by atoms with Gasteiger partial charge in [0.25, 0.3) is 5.91 Å². The molecule has 15 heteroatoms. The molecule has 2 amide bonds. The molecule has 200 valence electrons. The fourth-order valence-electron chi connectivity index (χ4n) is 3.88. The summed E-state index contributed by atoms with van der Waals surface area (Å²) in [6.07, 6.45) is -5.52. The lowest BCUT2D eigenvalue weighted by Crippen LogP contribution is -2.19. The third kappa shape index (κ3) is 5.26. The van der Waals surface area contributed by atoms with Gasteiger partial charge in [-0.15, -0.1) is 0 Å². The number of imide groups is 1. The van der Waals surface area contributed by atoms with E-state index >= 15 is 0 Å². The molecule has 0 bridgehead atoms. The standard InChI is InChI=1S/C23H19F6N7O2/c1-10(11-5-14(22(24,25)26)8-15(6-11)23(27,28)29)31-20-34-18-13(4-12-7-17(37)33-19(12)38)9-30-36(18)21(35-20)32-16-2-3-16/h4-6,8-10,16H,2-3,7H2,1H3,(H,33,37,38)(H2,31,32,34,35)/b12-4+/t10-/m1/s1. The van der Waals surface area contributed by atoms with Crippen LogP contribution < -0.4 is 16.0 Å². The van der Waals surface area contributed by atoms with Crippen molar-refractivity contribution in [1.29, 1.82) is 0 Å². The molecule has 2 aromatic heterocycles. The van der Waals surface area contributed by atoms with E-state index in [9.17, 15) is 35.9 Å². The molecule has 0 unspecified atom stereocenters. The molecule has 2 fully saturated rings. The minimum absolute atomic E-state index is 0.0619. The number of alkyl halides is 6. The number of nitrogens with one attached hydrogen (secondary N) is 3. The third-order valence-electron chi connectivity index (χ3n) is 5.99. The lowest BCUT2D eigenvalue weighted by atomic mass is 10.0. The molecule has 3 heterocycles. The van der Waals surface area contributed by atoms with E-state index in [0.717, 1.165) is 12.8 Å². The first-order chi connectivity index (χ1) is 17.8. The quantitative estimate of drug-likeness (QED) is 0.243. The Labute approximate surface area is 210 Å². The van der Waals surface area contributed by atoms with Gasteiger partial charge in [-0.2, -0.15) is 45.9 Å². The maximum atomic E-state index is 13.3. The molecule has 1 aromatic carbocycles. The van der Waals surface area contributed by atoms with Crippen molar-refractivity contribution in [2.45, 2.75) is 50.6 Å². The highest BCUT2D eigenvalue weighted by Gasteiger charge is 2.37. The molecule has 1 saturated carbocycles. The molecule has 0 spiro atoms. The Kier molecular flexibility index (Phi) is 6.03. The van der Waals surface area contributed by atoms with E-state index in [1.54, 1.807) is 0 Å². The number of aromatic nitrogens is 4. The highest BCUT2D eigenvalue weighted by Crippen LogP contribution is 2.38. The molecular formula is C23H19F6N7O2. The number of hydrogen-bond donors (Lipinski definition) is 3. The summed E-state index contributed by atoms with van der Waals surface area (Å²) in [6, 6.07) is 0.392. The largest absolute Gasteiger partial charge is 0.416 e. The summed E-state index contributed by atoms with van der Waals surface area (Å²) in [5.41, 5.74) is -2.39. The first kappa shape index (κ1) is 25.5. The molecule has 38 heavy (non-hydrogen) atoms. The van der Waals surface area contributed by atoms with Crippen molar-refractivity contribution < 1.29 is 35.9 Å². The number of fused-ring (bicyclic) bond motifs is 1. The second-order valence-electron chi connectivity index (χ2n) is 9.05. The van der Waals surface area contributed by atoms with Crippen LogP contribution in [-0.4, -0.2) is 37.4 Å². The maximum Gasteiger partial charge on any atom is 0.416 e. The summed E-state index contributed by atoms with van der Waals surface area (Å²) in [5.74, 6) is -0.870. The van der Waals surface area contributed by atoms with E-state index in [4.69, 9.17) is 0 Å². The molecule has 9 nitrogen and oxygen atoms in total. The fourth-order valence-corrected chi connectivity index (χ4v) is 3.88. The summed E-state index contributed by atoms with van der Waals surface area (Å²) in [5, 5.41) is 12.3. The van der Waals surface area contributed by atoms with E-state index < -0.39 is 41.3 Å². The molecule has 3 aromatic rings. The van der Waals surface area contributed by atoms with E-state index in [2.05, 4.69) is 31.0 Å². The SMILES string of the molecule is C[C@@H](Nc1nc(NC2CC2)n2ncc(/C=C3\CC(=O)NC3=O)c2n1)c1cc(C(F)(F)F)cc(C(F)(F)F)c1. The van der Waals surface area contributed by atoms with Gasteiger partial charge in [0.2, 0.25) is 17.8 Å². The van der Waals surface area contributed by atoms with Gasteiger partial charge < -0.3 is 10.6 Å². The number of halogens is 6. The molecule has 1 atom stereocenters. The molecular weight excluding hydrogens is 520 g/mol. The second-order valence-corrected chi connectivity index (χ2v) is 9.05. The molecule has 0 radical (unpaired) electrons. The lowest BCUT2D eigenvalue weighted by molar-refractivity contribution is -0.143. The zero-order valence-electron chi connectivity index (χ0n) is 19.5. The molecule has 2 aliphatic rings. The molecule has 5 rings (SSSR count). The van der Waals surface area contributed by atoms with Crippen LogP contribution in [0, 0.1) is 0 Å². The van der Waals surface area contributed by atoms with Crippen LogP contribution in [0.4, 0.5) is 38.2 Å². The van der Waals surface area contributed by atoms with Crippen LogP contribution in [0.1, 0.15) is 54.5 Å². The second kappa shape index (κ2) is 8.99. The fraction of sp³-hybridized carbons (Fsp3) is 0.348. The highest BCUT2D eigenvalue weighted by atomic mass is 19.4. The maximum absolute atomic E-state index is 13.3. The lowest BCUT2D eigenvalue weighted by Gasteiger charge is -2.19. The highest BCUT2D eigenvalue weighted by molar-refractivity contribution is 6.15. The number of carbonyl (C=O) groups excluding carboxylic acids is 2. The predicted octanol–water partition coefficient (Wildman–Crippen LogP) is 4.34. The van der Waals surface area contributed by atoms with Gasteiger partial charge in [-0.3, -0.25) is 14.9 Å². The van der Waals surface area contributed by atoms with Crippen molar-refractivity contribution in [2.24, 2.45) is 0 Å². The number of amides is 2. The monoisotopic (exact) mass is 539 g/mol. The normalized spacial score (nSPS) is 18.2. The minimum atomic E-state index is -4.99. The van der Waals surface area contributed by atoms with Gasteiger partial charge in [0.1, 0.15) is 0 Å². The Hall–Kier alpha value is -4.17. The first-order valence-corrected chi connectivity index (χ1v) is 11.4. The van der Waals surface area contributed by atoms with Crippen molar-refractivity contribution in [1.82, 2.24) is 24.9 Å². The summed E-state index contributed by atoms with van der Waals surface area (Å²) in [6.45, 7) is 1.38. The van der Waals surface area contributed by atoms with Crippen LogP contribution in [0.2, 0.25) is 0 Å². The van der Waals surface area contributed by atoms with Crippen molar-refractivity contribution in [3.05, 3.63) is 52.2 Å². The first-order valence-electron chi connectivity index (χ1n) is 11.4. The Morgan fingerprint density at radius 2 is 1.71 bits per heavy atom. The Balaban J connectivity index is 1.53. The van der Waals surface area contributed by atoms with Crippen LogP contribution in [0.25, 0.3) is 11.7 Å². The number of hydrogen-bond acceptors (Lipinski definition) is 7. The molecule has 3 N–H and O–H groups in total. The summed E-state index contributed by atoms with van der Waals surface area (Å²) in [7, 11) is 0. The van der Waals surface area contributed by atoms with Gasteiger partial charge in [0.15, 0.2) is 5.65 Å². The number of rotatable bonds is 6. The number of benzene rings is 1. The van der Waals surface area contributed by atoms with E-state index in [-0.39, 0.29) is 47.2 Å². The van der Waals surface area contributed by atoms with Gasteiger partial charge in [0, 0.05) is 17.2 Å². The Bertz CT molecular complexity index is 1440. The summed E-state index contributed by atoms with van der Waals surface area (Å²) < 4.78 is 81.3. The van der Waals surface area contributed by atoms with Crippen molar-refractivity contribution in [2.75, 3.05) is 10.6 Å². The Morgan fingerprint density at radius 1 is 1.05 bits per heavy atom. The Morgan fingerprint density at radius 3 is 2.26 bits per heavy atom. The van der Waals surface area contributed by atoms with Crippen LogP contribution in [0.3, 0.4) is 0 Å². The average molecular weight is 539 g/mol. The van der Waals surface area contributed by atoms with E-state index in [0.29, 0.717) is 17.7 Å². The van der Waals surface area contributed by atoms with Gasteiger partial charge >= 0.3 is 12.4 Å². The summed E-state index contributed by atoms with van der Waals surface area (Å²) in [4.78, 5) is 32.2. The van der Waals surface area contributed by atoms with Gasteiger partial charge in [0.05, 0.1) is 29.8 Å². The number of carbonyl (C=O) groups is 2. The zero-order valence-corrected chi connectivity index (χ0v) is 19.5. The van der Waals surface area contributed by atoms with Gasteiger partial charge in [-0.1, -0.05) is 0 Å². The van der Waals surface area contributed by atoms with Gasteiger partial charge in [-0.25, -0.2) is 0 Å². The molecule has 1 aliphatic heterocycles. The third-order valence-corrected chi connectivity index (χ3v) is 5.99. The van der Waals surface area contributed by atoms with Crippen LogP contribution in [0.5, 0.6) is 0 Å². The van der Waals surface area contributed by atoms with E-state index in [1.807, 2.05) is 0 Å². The van der Waals surface area contributed by atoms with Crippen LogP contribution >= 0.6 is 0 Å². The van der Waals surface area contributed by atoms with Gasteiger partial charge in [-0.05, 0) is 49.6 Å². The number of nitrogens with zero attached hydrogens (tertiary/aromatic N) is 4.